The van der Waals surface area contributed by atoms with Gasteiger partial charge in [-0.25, -0.2) is 0 Å². The smallest absolute Gasteiger partial charge is 0.316 e. The number of thiophene rings is 1. The summed E-state index contributed by atoms with van der Waals surface area (Å²) in [5, 5.41) is 21.6. The number of hydrogen-bond donors (Lipinski definition) is 2. The van der Waals surface area contributed by atoms with Crippen molar-refractivity contribution in [1.82, 2.24) is 4.90 Å². The number of carbonyl (C=O) groups excluding carboxylic acids is 2. The van der Waals surface area contributed by atoms with Gasteiger partial charge in [-0.1, -0.05) is 6.07 Å². The third kappa shape index (κ3) is 3.59. The van der Waals surface area contributed by atoms with Gasteiger partial charge >= 0.3 is 11.9 Å². The minimum atomic E-state index is -1.06. The van der Waals surface area contributed by atoms with Crippen molar-refractivity contribution >= 4 is 29.1 Å². The molecule has 1 aromatic heterocycles. The zero-order chi connectivity index (χ0) is 27.3. The average molecular weight is 552 g/mol. The molecule has 3 heterocycles. The summed E-state index contributed by atoms with van der Waals surface area (Å²) in [5.41, 5.74) is 1.85. The Morgan fingerprint density at radius 3 is 2.62 bits per heavy atom. The second-order valence-corrected chi connectivity index (χ2v) is 13.3. The van der Waals surface area contributed by atoms with Crippen molar-refractivity contribution in [3.05, 3.63) is 44.1 Å². The van der Waals surface area contributed by atoms with Crippen LogP contribution in [0.2, 0.25) is 0 Å². The summed E-state index contributed by atoms with van der Waals surface area (Å²) in [6, 6.07) is 3.69. The summed E-state index contributed by atoms with van der Waals surface area (Å²) in [6.45, 7) is 5.58. The molecule has 0 unspecified atom stereocenters. The van der Waals surface area contributed by atoms with E-state index in [1.165, 1.54) is 24.2 Å². The summed E-state index contributed by atoms with van der Waals surface area (Å²) in [4.78, 5) is 41.6. The van der Waals surface area contributed by atoms with Gasteiger partial charge in [0.25, 0.3) is 0 Å². The molecular formula is C30H33NO7S. The highest BCUT2D eigenvalue weighted by Gasteiger charge is 2.73. The van der Waals surface area contributed by atoms with Crippen molar-refractivity contribution in [3.8, 4) is 11.5 Å². The lowest BCUT2D eigenvalue weighted by Gasteiger charge is -2.62. The normalized spacial score (nSPS) is 30.6. The van der Waals surface area contributed by atoms with E-state index in [1.54, 1.807) is 6.07 Å². The summed E-state index contributed by atoms with van der Waals surface area (Å²) >= 11 is 1.33. The second kappa shape index (κ2) is 8.62. The fourth-order valence-corrected chi connectivity index (χ4v) is 9.11. The monoisotopic (exact) mass is 551 g/mol. The zero-order valence-corrected chi connectivity index (χ0v) is 23.1. The lowest BCUT2D eigenvalue weighted by atomic mass is 9.49. The molecule has 0 radical (unpaired) electrons. The molecule has 1 aromatic carbocycles. The highest BCUT2D eigenvalue weighted by atomic mass is 32.1. The lowest BCUT2D eigenvalue weighted by molar-refractivity contribution is -0.188. The van der Waals surface area contributed by atoms with E-state index >= 15 is 0 Å². The van der Waals surface area contributed by atoms with Gasteiger partial charge in [-0.2, -0.15) is 0 Å². The third-order valence-corrected chi connectivity index (χ3v) is 11.4. The SMILES string of the molecule is Cc1c(CC(=O)O)sc(CC(=O)Oc2ccc3c4c2O[C@H]2C(=O)CC[C@@]5(O)[C@@H](C3)N(CC3CC3)CC[C@]425)c1C. The van der Waals surface area contributed by atoms with E-state index in [-0.39, 0.29) is 36.8 Å². The molecule has 1 saturated heterocycles. The molecule has 8 nitrogen and oxygen atoms in total. The first-order valence-electron chi connectivity index (χ1n) is 13.9. The van der Waals surface area contributed by atoms with Gasteiger partial charge in [0, 0.05) is 34.3 Å². The van der Waals surface area contributed by atoms with Crippen LogP contribution in [0.3, 0.4) is 0 Å². The molecule has 7 rings (SSSR count). The first-order valence-corrected chi connectivity index (χ1v) is 14.8. The van der Waals surface area contributed by atoms with Crippen molar-refractivity contribution in [1.29, 1.82) is 0 Å². The second-order valence-electron chi connectivity index (χ2n) is 12.1. The quantitative estimate of drug-likeness (QED) is 0.398. The Labute approximate surface area is 230 Å². The number of aliphatic carboxylic acids is 1. The van der Waals surface area contributed by atoms with Gasteiger partial charge in [0.05, 0.1) is 23.9 Å². The summed E-state index contributed by atoms with van der Waals surface area (Å²) < 4.78 is 12.3. The Morgan fingerprint density at radius 2 is 1.90 bits per heavy atom. The molecule has 4 atom stereocenters. The van der Waals surface area contributed by atoms with Crippen LogP contribution in [0.5, 0.6) is 11.5 Å². The van der Waals surface area contributed by atoms with Crippen molar-refractivity contribution in [2.75, 3.05) is 13.1 Å². The summed E-state index contributed by atoms with van der Waals surface area (Å²) in [6.07, 6.45) is 3.71. The number of carboxylic acid groups (broad SMARTS) is 1. The highest BCUT2D eigenvalue weighted by Crippen LogP contribution is 2.65. The Balaban J connectivity index is 1.22. The maximum Gasteiger partial charge on any atom is 0.316 e. The number of nitrogens with zero attached hydrogens (tertiary/aromatic N) is 1. The van der Waals surface area contributed by atoms with Crippen LogP contribution >= 0.6 is 11.3 Å². The Hall–Kier alpha value is -2.75. The predicted molar refractivity (Wildman–Crippen MR) is 143 cm³/mol. The average Bonchev–Trinajstić information content (AvgIpc) is 3.57. The van der Waals surface area contributed by atoms with E-state index in [0.29, 0.717) is 30.9 Å². The number of piperidine rings is 1. The van der Waals surface area contributed by atoms with Crippen LogP contribution in [-0.4, -0.2) is 63.7 Å². The van der Waals surface area contributed by atoms with Gasteiger partial charge in [-0.15, -0.1) is 11.3 Å². The molecule has 9 heteroatoms. The standard InChI is InChI=1S/C30H33NO7S/c1-15-16(2)22(39-21(15)12-24(33)34)13-25(35)37-20-6-5-18-11-23-30(36)8-7-19(32)28-29(30,26(18)27(20)38-28)9-10-31(23)14-17-3-4-17/h5-6,17,23,28,36H,3-4,7-14H2,1-2H3,(H,33,34)/t23-,28+,29+,30-/m1/s1. The van der Waals surface area contributed by atoms with E-state index in [0.717, 1.165) is 45.1 Å². The molecule has 2 bridgehead atoms. The molecule has 5 aliphatic rings. The predicted octanol–water partition coefficient (Wildman–Crippen LogP) is 3.27. The number of ketones is 1. The van der Waals surface area contributed by atoms with Gasteiger partial charge in [-0.05, 0) is 81.2 Å². The van der Waals surface area contributed by atoms with Crippen molar-refractivity contribution < 1.29 is 34.1 Å². The number of rotatable bonds is 7. The van der Waals surface area contributed by atoms with Gasteiger partial charge < -0.3 is 19.7 Å². The molecule has 3 fully saturated rings. The largest absolute Gasteiger partial charge is 0.481 e. The number of carboxylic acids is 1. The number of likely N-dealkylation sites (tertiary alicyclic amines) is 1. The minimum Gasteiger partial charge on any atom is -0.481 e. The van der Waals surface area contributed by atoms with Crippen LogP contribution in [0, 0.1) is 19.8 Å². The lowest BCUT2D eigenvalue weighted by Crippen LogP contribution is -2.76. The minimum absolute atomic E-state index is 0.00559. The van der Waals surface area contributed by atoms with Gasteiger partial charge in [0.2, 0.25) is 0 Å². The molecule has 1 spiro atoms. The number of hydrogen-bond acceptors (Lipinski definition) is 8. The molecule has 2 N–H and O–H groups in total. The maximum absolute atomic E-state index is 13.3. The van der Waals surface area contributed by atoms with E-state index < -0.39 is 29.1 Å². The molecule has 206 valence electrons. The number of Topliss-reactive ketones (excluding diaryl/α,β-unsaturated/α-hetero) is 1. The first kappa shape index (κ1) is 25.2. The van der Waals surface area contributed by atoms with Crippen LogP contribution < -0.4 is 9.47 Å². The number of ether oxygens (including phenoxy) is 2. The van der Waals surface area contributed by atoms with Crippen LogP contribution in [0.15, 0.2) is 12.1 Å². The molecular weight excluding hydrogens is 518 g/mol. The van der Waals surface area contributed by atoms with Crippen LogP contribution in [-0.2, 0) is 39.1 Å². The molecule has 3 aliphatic carbocycles. The summed E-state index contributed by atoms with van der Waals surface area (Å²) in [5.74, 6) is 0.0540. The van der Waals surface area contributed by atoms with E-state index in [9.17, 15) is 24.6 Å². The van der Waals surface area contributed by atoms with Crippen molar-refractivity contribution in [2.45, 2.75) is 88.4 Å². The molecule has 2 aliphatic heterocycles. The topological polar surface area (TPSA) is 113 Å². The first-order chi connectivity index (χ1) is 18.6. The molecule has 0 amide bonds. The highest BCUT2D eigenvalue weighted by molar-refractivity contribution is 7.12. The van der Waals surface area contributed by atoms with Gasteiger partial charge in [0.1, 0.15) is 0 Å². The molecule has 2 aromatic rings. The van der Waals surface area contributed by atoms with E-state index in [1.807, 2.05) is 19.9 Å². The molecule has 2 saturated carbocycles. The number of carbonyl (C=O) groups is 3. The van der Waals surface area contributed by atoms with Crippen molar-refractivity contribution in [2.24, 2.45) is 5.92 Å². The van der Waals surface area contributed by atoms with Crippen LogP contribution in [0.4, 0.5) is 0 Å². The van der Waals surface area contributed by atoms with Crippen LogP contribution in [0.25, 0.3) is 0 Å². The number of aliphatic hydroxyl groups is 1. The van der Waals surface area contributed by atoms with Crippen LogP contribution in [0.1, 0.15) is 64.1 Å². The van der Waals surface area contributed by atoms with Crippen molar-refractivity contribution in [3.63, 3.8) is 0 Å². The van der Waals surface area contributed by atoms with Gasteiger partial charge in [0.15, 0.2) is 23.4 Å². The zero-order valence-electron chi connectivity index (χ0n) is 22.2. The Morgan fingerprint density at radius 1 is 1.15 bits per heavy atom. The third-order valence-electron chi connectivity index (χ3n) is 10.0. The fourth-order valence-electron chi connectivity index (χ4n) is 7.82. The maximum atomic E-state index is 13.3. The number of esters is 1. The van der Waals surface area contributed by atoms with Gasteiger partial charge in [-0.3, -0.25) is 19.3 Å². The molecule has 39 heavy (non-hydrogen) atoms. The fraction of sp³-hybridized carbons (Fsp3) is 0.567. The summed E-state index contributed by atoms with van der Waals surface area (Å²) in [7, 11) is 0. The Kier molecular flexibility index (Phi) is 5.58. The van der Waals surface area contributed by atoms with E-state index in [4.69, 9.17) is 9.47 Å². The Bertz CT molecular complexity index is 1430. The van der Waals surface area contributed by atoms with E-state index in [2.05, 4.69) is 4.90 Å². The number of benzene rings is 1.